The Morgan fingerprint density at radius 2 is 0.842 bits per heavy atom. The Morgan fingerprint density at radius 1 is 0.579 bits per heavy atom. The van der Waals surface area contributed by atoms with Gasteiger partial charge in [0.15, 0.2) is 0 Å². The summed E-state index contributed by atoms with van der Waals surface area (Å²) in [6.07, 6.45) is 11.7. The zero-order valence-electron chi connectivity index (χ0n) is 14.5. The minimum absolute atomic E-state index is 0.750. The van der Waals surface area contributed by atoms with Crippen molar-refractivity contribution in [3.8, 4) is 0 Å². The van der Waals surface area contributed by atoms with Crippen molar-refractivity contribution in [1.29, 1.82) is 0 Å². The second kappa shape index (κ2) is 7.70. The van der Waals surface area contributed by atoms with Gasteiger partial charge < -0.3 is 0 Å². The maximum absolute atomic E-state index is 2.37. The molecule has 19 heavy (non-hydrogen) atoms. The third kappa shape index (κ3) is 8.71. The minimum atomic E-state index is 0.750. The summed E-state index contributed by atoms with van der Waals surface area (Å²) >= 11 is 0. The number of hydrogen-bond donors (Lipinski definition) is 0. The van der Waals surface area contributed by atoms with Gasteiger partial charge in [-0.15, -0.1) is 0 Å². The summed E-state index contributed by atoms with van der Waals surface area (Å²) in [5.74, 6) is 4.12. The summed E-state index contributed by atoms with van der Waals surface area (Å²) in [5.41, 5.74) is 0.750. The molecule has 0 aromatic rings. The number of rotatable bonds is 0. The molecule has 0 atom stereocenters. The molecule has 114 valence electrons. The van der Waals surface area contributed by atoms with Crippen LogP contribution in [-0.4, -0.2) is 0 Å². The molecule has 0 heteroatoms. The summed E-state index contributed by atoms with van der Waals surface area (Å²) in [7, 11) is 0. The standard InChI is InChI=1S/C8H16.C6H12.C5H10/c1-7-3-5-8(2)6-4-7;1-5-3-6(2)4-5;1-5(2)3-4-5/h7-8H,3-6H2,1-2H3;5-6H,3-4H2,1-2H3;3-4H2,1-2H3. The van der Waals surface area contributed by atoms with Crippen LogP contribution in [0.1, 0.15) is 92.9 Å². The largest absolute Gasteiger partial charge is 0.0625 e. The second-order valence-corrected chi connectivity index (χ2v) is 8.71. The smallest absolute Gasteiger partial charge is 0.0354 e. The van der Waals surface area contributed by atoms with E-state index in [2.05, 4.69) is 41.5 Å². The molecule has 0 nitrogen and oxygen atoms in total. The first-order chi connectivity index (χ1) is 8.78. The van der Waals surface area contributed by atoms with Crippen LogP contribution in [0, 0.1) is 29.1 Å². The predicted octanol–water partition coefficient (Wildman–Crippen LogP) is 6.69. The van der Waals surface area contributed by atoms with E-state index in [4.69, 9.17) is 0 Å². The van der Waals surface area contributed by atoms with Crippen molar-refractivity contribution in [3.05, 3.63) is 0 Å². The van der Waals surface area contributed by atoms with E-state index in [0.29, 0.717) is 0 Å². The fraction of sp³-hybridized carbons (Fsp3) is 1.00. The number of hydrogen-bond acceptors (Lipinski definition) is 0. The van der Waals surface area contributed by atoms with E-state index in [1.807, 2.05) is 0 Å². The summed E-state index contributed by atoms with van der Waals surface area (Å²) in [4.78, 5) is 0. The van der Waals surface area contributed by atoms with Gasteiger partial charge in [0.2, 0.25) is 0 Å². The zero-order chi connectivity index (χ0) is 14.5. The normalized spacial score (nSPS) is 38.8. The van der Waals surface area contributed by atoms with E-state index in [9.17, 15) is 0 Å². The molecular weight excluding hydrogens is 228 g/mol. The molecule has 0 aromatic heterocycles. The lowest BCUT2D eigenvalue weighted by molar-refractivity contribution is 0.233. The minimum Gasteiger partial charge on any atom is -0.0625 e. The SMILES string of the molecule is CC1(C)CC1.CC1CC(C)C1.CC1CCC(C)CC1. The van der Waals surface area contributed by atoms with Crippen LogP contribution < -0.4 is 0 Å². The van der Waals surface area contributed by atoms with Crippen molar-refractivity contribution in [2.45, 2.75) is 92.9 Å². The molecule has 0 aliphatic heterocycles. The van der Waals surface area contributed by atoms with Crippen LogP contribution in [-0.2, 0) is 0 Å². The molecule has 0 heterocycles. The average Bonchev–Trinajstić information content (AvgIpc) is 2.99. The Hall–Kier alpha value is 0. The molecule has 0 aromatic carbocycles. The molecule has 0 radical (unpaired) electrons. The summed E-state index contributed by atoms with van der Waals surface area (Å²) in [6, 6.07) is 0. The average molecular weight is 267 g/mol. The van der Waals surface area contributed by atoms with Gasteiger partial charge in [0, 0.05) is 0 Å². The van der Waals surface area contributed by atoms with Crippen LogP contribution in [0.3, 0.4) is 0 Å². The van der Waals surface area contributed by atoms with Gasteiger partial charge in [0.1, 0.15) is 0 Å². The highest BCUT2D eigenvalue weighted by Gasteiger charge is 2.30. The third-order valence-electron chi connectivity index (χ3n) is 5.16. The Labute approximate surface area is 122 Å². The first-order valence-corrected chi connectivity index (χ1v) is 8.78. The van der Waals surface area contributed by atoms with Crippen LogP contribution in [0.4, 0.5) is 0 Å². The Kier molecular flexibility index (Phi) is 6.91. The fourth-order valence-electron chi connectivity index (χ4n) is 2.98. The highest BCUT2D eigenvalue weighted by Crippen LogP contribution is 2.43. The first kappa shape index (κ1) is 17.1. The molecule has 3 aliphatic rings. The van der Waals surface area contributed by atoms with Crippen LogP contribution in [0.2, 0.25) is 0 Å². The molecule has 3 fully saturated rings. The maximum atomic E-state index is 2.37. The zero-order valence-corrected chi connectivity index (χ0v) is 14.5. The van der Waals surface area contributed by atoms with Crippen molar-refractivity contribution < 1.29 is 0 Å². The molecule has 0 bridgehead atoms. The second-order valence-electron chi connectivity index (χ2n) is 8.71. The summed E-state index contributed by atoms with van der Waals surface area (Å²) in [6.45, 7) is 14.0. The van der Waals surface area contributed by atoms with E-state index < -0.39 is 0 Å². The molecular formula is C19H38. The molecule has 0 N–H and O–H groups in total. The quantitative estimate of drug-likeness (QED) is 0.458. The molecule has 3 aliphatic carbocycles. The third-order valence-corrected chi connectivity index (χ3v) is 5.16. The maximum Gasteiger partial charge on any atom is -0.0354 e. The Bertz CT molecular complexity index is 204. The molecule has 0 unspecified atom stereocenters. The van der Waals surface area contributed by atoms with Crippen molar-refractivity contribution >= 4 is 0 Å². The lowest BCUT2D eigenvalue weighted by Gasteiger charge is -2.28. The Balaban J connectivity index is 0.000000147. The molecule has 0 saturated heterocycles. The highest BCUT2D eigenvalue weighted by molar-refractivity contribution is 4.82. The van der Waals surface area contributed by atoms with Crippen molar-refractivity contribution in [3.63, 3.8) is 0 Å². The van der Waals surface area contributed by atoms with Crippen molar-refractivity contribution in [2.75, 3.05) is 0 Å². The molecule has 3 saturated carbocycles. The van der Waals surface area contributed by atoms with Gasteiger partial charge in [0.25, 0.3) is 0 Å². The monoisotopic (exact) mass is 266 g/mol. The molecule has 0 spiro atoms. The van der Waals surface area contributed by atoms with E-state index in [1.165, 1.54) is 51.4 Å². The van der Waals surface area contributed by atoms with E-state index in [1.54, 1.807) is 0 Å². The van der Waals surface area contributed by atoms with Crippen LogP contribution in [0.5, 0.6) is 0 Å². The highest BCUT2D eigenvalue weighted by atomic mass is 14.4. The van der Waals surface area contributed by atoms with Gasteiger partial charge in [-0.05, 0) is 54.8 Å². The fourth-order valence-corrected chi connectivity index (χ4v) is 2.98. The lowest BCUT2D eigenvalue weighted by Crippen LogP contribution is -2.16. The lowest BCUT2D eigenvalue weighted by atomic mass is 9.78. The Morgan fingerprint density at radius 3 is 0.947 bits per heavy atom. The van der Waals surface area contributed by atoms with Gasteiger partial charge in [0.05, 0.1) is 0 Å². The van der Waals surface area contributed by atoms with E-state index >= 15 is 0 Å². The molecule has 0 amide bonds. The van der Waals surface area contributed by atoms with Gasteiger partial charge in [-0.3, -0.25) is 0 Å². The van der Waals surface area contributed by atoms with Crippen LogP contribution in [0.15, 0.2) is 0 Å². The van der Waals surface area contributed by atoms with Gasteiger partial charge in [-0.25, -0.2) is 0 Å². The van der Waals surface area contributed by atoms with Gasteiger partial charge in [-0.2, -0.15) is 0 Å². The first-order valence-electron chi connectivity index (χ1n) is 8.78. The van der Waals surface area contributed by atoms with Crippen LogP contribution >= 0.6 is 0 Å². The van der Waals surface area contributed by atoms with Gasteiger partial charge in [-0.1, -0.05) is 67.2 Å². The van der Waals surface area contributed by atoms with Crippen molar-refractivity contribution in [2.24, 2.45) is 29.1 Å². The topological polar surface area (TPSA) is 0 Å². The van der Waals surface area contributed by atoms with Crippen LogP contribution in [0.25, 0.3) is 0 Å². The summed E-state index contributed by atoms with van der Waals surface area (Å²) < 4.78 is 0. The van der Waals surface area contributed by atoms with Crippen molar-refractivity contribution in [1.82, 2.24) is 0 Å². The molecule has 3 rings (SSSR count). The van der Waals surface area contributed by atoms with E-state index in [-0.39, 0.29) is 0 Å². The summed E-state index contributed by atoms with van der Waals surface area (Å²) in [5, 5.41) is 0. The predicted molar refractivity (Wildman–Crippen MR) is 87.4 cm³/mol. The van der Waals surface area contributed by atoms with Gasteiger partial charge >= 0.3 is 0 Å². The van der Waals surface area contributed by atoms with E-state index in [0.717, 1.165) is 29.1 Å².